The molecule has 0 saturated carbocycles. The van der Waals surface area contributed by atoms with Gasteiger partial charge >= 0.3 is 11.9 Å². The smallest absolute Gasteiger partial charge is 0.340 e. The van der Waals surface area contributed by atoms with Gasteiger partial charge in [0.15, 0.2) is 0 Å². The number of hydrogen-bond donors (Lipinski definition) is 2. The third kappa shape index (κ3) is 7.01. The normalized spacial score (nSPS) is 10.7. The predicted octanol–water partition coefficient (Wildman–Crippen LogP) is 4.34. The lowest BCUT2D eigenvalue weighted by molar-refractivity contribution is -0.137. The summed E-state index contributed by atoms with van der Waals surface area (Å²) in [6.45, 7) is 0.182. The van der Waals surface area contributed by atoms with E-state index < -0.39 is 11.9 Å². The molecule has 4 N–H and O–H groups in total. The Labute approximate surface area is 204 Å². The predicted molar refractivity (Wildman–Crippen MR) is 135 cm³/mol. The van der Waals surface area contributed by atoms with Gasteiger partial charge < -0.3 is 30.4 Å². The number of benzene rings is 3. The van der Waals surface area contributed by atoms with Gasteiger partial charge in [-0.25, -0.2) is 9.59 Å². The highest BCUT2D eigenvalue weighted by atomic mass is 16.5. The summed E-state index contributed by atoms with van der Waals surface area (Å²) >= 11 is 0. The maximum absolute atomic E-state index is 12.1. The fourth-order valence-corrected chi connectivity index (χ4v) is 3.26. The Balaban J connectivity index is 1.47. The molecule has 0 spiro atoms. The summed E-state index contributed by atoms with van der Waals surface area (Å²) in [5.41, 5.74) is 15.1. The Bertz CT molecular complexity index is 1200. The van der Waals surface area contributed by atoms with Crippen molar-refractivity contribution in [2.45, 2.75) is 6.42 Å². The molecule has 0 unspecified atom stereocenters. The Hall–Kier alpha value is -4.46. The molecule has 35 heavy (non-hydrogen) atoms. The number of esters is 2. The summed E-state index contributed by atoms with van der Waals surface area (Å²) < 4.78 is 21.0. The van der Waals surface area contributed by atoms with E-state index in [1.807, 2.05) is 42.5 Å². The molecule has 0 fully saturated rings. The maximum atomic E-state index is 12.1. The third-order valence-corrected chi connectivity index (χ3v) is 5.12. The molecule has 3 aromatic carbocycles. The molecule has 182 valence electrons. The largest absolute Gasteiger partial charge is 0.497 e. The van der Waals surface area contributed by atoms with Gasteiger partial charge in [-0.15, -0.1) is 0 Å². The molecule has 0 saturated heterocycles. The van der Waals surface area contributed by atoms with E-state index in [4.69, 9.17) is 30.4 Å². The van der Waals surface area contributed by atoms with Crippen molar-refractivity contribution in [3.63, 3.8) is 0 Å². The lowest BCUT2D eigenvalue weighted by Gasteiger charge is -2.09. The molecule has 0 aliphatic carbocycles. The van der Waals surface area contributed by atoms with E-state index in [0.717, 1.165) is 22.4 Å². The zero-order chi connectivity index (χ0) is 25.2. The van der Waals surface area contributed by atoms with Crippen LogP contribution in [0.25, 0.3) is 17.2 Å². The van der Waals surface area contributed by atoms with Gasteiger partial charge in [0.25, 0.3) is 0 Å². The SMILES string of the molecule is COc1ccc(-c2ccc(/C=C/C(=O)OCCCOC(=O)c3ccc(N)cc3N)c(OC)c2)cc1. The summed E-state index contributed by atoms with van der Waals surface area (Å²) in [6, 6.07) is 18.0. The van der Waals surface area contributed by atoms with E-state index in [1.54, 1.807) is 26.4 Å². The first-order valence-corrected chi connectivity index (χ1v) is 10.9. The first kappa shape index (κ1) is 25.2. The van der Waals surface area contributed by atoms with Crippen molar-refractivity contribution in [3.05, 3.63) is 77.9 Å². The number of hydrogen-bond acceptors (Lipinski definition) is 8. The van der Waals surface area contributed by atoms with E-state index in [1.165, 1.54) is 18.2 Å². The number of methoxy groups -OCH3 is 2. The Morgan fingerprint density at radius 1 is 0.829 bits per heavy atom. The highest BCUT2D eigenvalue weighted by Gasteiger charge is 2.11. The summed E-state index contributed by atoms with van der Waals surface area (Å²) in [5.74, 6) is 0.332. The average molecular weight is 477 g/mol. The van der Waals surface area contributed by atoms with Crippen LogP contribution in [0, 0.1) is 0 Å². The highest BCUT2D eigenvalue weighted by molar-refractivity contribution is 5.95. The fraction of sp³-hybridized carbons (Fsp3) is 0.185. The quantitative estimate of drug-likeness (QED) is 0.192. The second-order valence-corrected chi connectivity index (χ2v) is 7.52. The molecule has 3 aromatic rings. The van der Waals surface area contributed by atoms with Gasteiger partial charge in [0.1, 0.15) is 11.5 Å². The van der Waals surface area contributed by atoms with Crippen LogP contribution in [0.1, 0.15) is 22.3 Å². The van der Waals surface area contributed by atoms with Gasteiger partial charge in [0.05, 0.1) is 33.0 Å². The third-order valence-electron chi connectivity index (χ3n) is 5.12. The number of anilines is 2. The maximum Gasteiger partial charge on any atom is 0.340 e. The van der Waals surface area contributed by atoms with E-state index in [9.17, 15) is 9.59 Å². The van der Waals surface area contributed by atoms with Gasteiger partial charge in [0.2, 0.25) is 0 Å². The van der Waals surface area contributed by atoms with Crippen LogP contribution in [0.5, 0.6) is 11.5 Å². The molecule has 8 heteroatoms. The van der Waals surface area contributed by atoms with Gasteiger partial charge in [-0.3, -0.25) is 0 Å². The number of nitrogens with two attached hydrogens (primary N) is 2. The van der Waals surface area contributed by atoms with Crippen molar-refractivity contribution in [3.8, 4) is 22.6 Å². The van der Waals surface area contributed by atoms with E-state index in [-0.39, 0.29) is 24.5 Å². The second kappa shape index (κ2) is 12.1. The van der Waals surface area contributed by atoms with Crippen molar-refractivity contribution in [1.82, 2.24) is 0 Å². The van der Waals surface area contributed by atoms with Crippen molar-refractivity contribution in [2.75, 3.05) is 38.9 Å². The number of carbonyl (C=O) groups is 2. The van der Waals surface area contributed by atoms with E-state index >= 15 is 0 Å². The van der Waals surface area contributed by atoms with Gasteiger partial charge in [0, 0.05) is 29.4 Å². The highest BCUT2D eigenvalue weighted by Crippen LogP contribution is 2.29. The molecule has 0 aliphatic rings. The summed E-state index contributed by atoms with van der Waals surface area (Å²) in [4.78, 5) is 24.1. The first-order chi connectivity index (χ1) is 16.9. The Morgan fingerprint density at radius 3 is 2.23 bits per heavy atom. The standard InChI is InChI=1S/C27H28N2O6/c1-32-22-10-6-18(7-11-22)20-5-4-19(25(16-20)33-2)8-13-26(30)34-14-3-15-35-27(31)23-12-9-21(28)17-24(23)29/h4-13,16-17H,3,14-15,28-29H2,1-2H3/b13-8+. The second-order valence-electron chi connectivity index (χ2n) is 7.52. The molecule has 0 bridgehead atoms. The van der Waals surface area contributed by atoms with Crippen LogP contribution in [0.3, 0.4) is 0 Å². The molecule has 0 heterocycles. The van der Waals surface area contributed by atoms with Crippen LogP contribution in [-0.4, -0.2) is 39.4 Å². The van der Waals surface area contributed by atoms with Crippen LogP contribution < -0.4 is 20.9 Å². The Morgan fingerprint density at radius 2 is 1.54 bits per heavy atom. The minimum absolute atomic E-state index is 0.0836. The van der Waals surface area contributed by atoms with Gasteiger partial charge in [-0.2, -0.15) is 0 Å². The summed E-state index contributed by atoms with van der Waals surface area (Å²) in [6.07, 6.45) is 3.30. The topological polar surface area (TPSA) is 123 Å². The molecule has 0 atom stereocenters. The van der Waals surface area contributed by atoms with Crippen molar-refractivity contribution >= 4 is 29.4 Å². The molecular formula is C27H28N2O6. The minimum Gasteiger partial charge on any atom is -0.497 e. The van der Waals surface area contributed by atoms with Crippen molar-refractivity contribution in [1.29, 1.82) is 0 Å². The molecule has 8 nitrogen and oxygen atoms in total. The molecule has 0 radical (unpaired) electrons. The molecule has 0 amide bonds. The van der Waals surface area contributed by atoms with Crippen LogP contribution in [0.4, 0.5) is 11.4 Å². The van der Waals surface area contributed by atoms with Crippen LogP contribution in [-0.2, 0) is 14.3 Å². The summed E-state index contributed by atoms with van der Waals surface area (Å²) in [7, 11) is 3.20. The summed E-state index contributed by atoms with van der Waals surface area (Å²) in [5, 5.41) is 0. The van der Waals surface area contributed by atoms with Crippen LogP contribution >= 0.6 is 0 Å². The first-order valence-electron chi connectivity index (χ1n) is 10.9. The zero-order valence-electron chi connectivity index (χ0n) is 19.7. The number of carbonyl (C=O) groups excluding carboxylic acids is 2. The molecular weight excluding hydrogens is 448 g/mol. The van der Waals surface area contributed by atoms with Gasteiger partial charge in [-0.05, 0) is 53.6 Å². The number of nitrogen functional groups attached to an aromatic ring is 2. The van der Waals surface area contributed by atoms with Crippen molar-refractivity contribution < 1.29 is 28.5 Å². The fourth-order valence-electron chi connectivity index (χ4n) is 3.26. The van der Waals surface area contributed by atoms with E-state index in [2.05, 4.69) is 0 Å². The van der Waals surface area contributed by atoms with Crippen molar-refractivity contribution in [2.24, 2.45) is 0 Å². The minimum atomic E-state index is -0.557. The van der Waals surface area contributed by atoms with E-state index in [0.29, 0.717) is 17.9 Å². The van der Waals surface area contributed by atoms with Crippen LogP contribution in [0.15, 0.2) is 66.7 Å². The number of rotatable bonds is 10. The lowest BCUT2D eigenvalue weighted by Crippen LogP contribution is -2.11. The molecule has 3 rings (SSSR count). The molecule has 0 aliphatic heterocycles. The van der Waals surface area contributed by atoms with Gasteiger partial charge in [-0.1, -0.05) is 24.3 Å². The average Bonchev–Trinajstić information content (AvgIpc) is 2.87. The van der Waals surface area contributed by atoms with Crippen LogP contribution in [0.2, 0.25) is 0 Å². The Kier molecular flexibility index (Phi) is 8.72. The zero-order valence-corrected chi connectivity index (χ0v) is 19.7. The monoisotopic (exact) mass is 476 g/mol. The molecule has 0 aromatic heterocycles. The lowest BCUT2D eigenvalue weighted by atomic mass is 10.0. The number of ether oxygens (including phenoxy) is 4.